The first-order valence-electron chi connectivity index (χ1n) is 11.7. The maximum atomic E-state index is 9.13. The van der Waals surface area contributed by atoms with E-state index in [2.05, 4.69) is 36.4 Å². The molecule has 2 N–H and O–H groups in total. The van der Waals surface area contributed by atoms with Crippen molar-refractivity contribution >= 4 is 39.1 Å². The summed E-state index contributed by atoms with van der Waals surface area (Å²) in [5, 5.41) is 17.9. The Labute approximate surface area is 201 Å². The lowest BCUT2D eigenvalue weighted by molar-refractivity contribution is 0.188. The van der Waals surface area contributed by atoms with Crippen molar-refractivity contribution in [3.8, 4) is 10.6 Å². The molecule has 5 heterocycles. The number of aliphatic hydroxyl groups excluding tert-OH is 1. The van der Waals surface area contributed by atoms with Crippen LogP contribution in [0.2, 0.25) is 0 Å². The van der Waals surface area contributed by atoms with E-state index in [4.69, 9.17) is 15.1 Å². The van der Waals surface area contributed by atoms with Gasteiger partial charge >= 0.3 is 0 Å². The molecule has 1 saturated heterocycles. The average Bonchev–Trinajstić information content (AvgIpc) is 3.37. The molecule has 0 radical (unpaired) electrons. The molecule has 11 heteroatoms. The van der Waals surface area contributed by atoms with Crippen LogP contribution in [0.3, 0.4) is 0 Å². The number of hydrogen-bond donors (Lipinski definition) is 2. The summed E-state index contributed by atoms with van der Waals surface area (Å²) in [6.45, 7) is 5.37. The van der Waals surface area contributed by atoms with Crippen LogP contribution in [0.1, 0.15) is 12.8 Å². The van der Waals surface area contributed by atoms with Crippen molar-refractivity contribution in [2.24, 2.45) is 5.92 Å². The molecule has 10 nitrogen and oxygen atoms in total. The second-order valence-electron chi connectivity index (χ2n) is 8.87. The molecule has 0 atom stereocenters. The van der Waals surface area contributed by atoms with Gasteiger partial charge in [0.1, 0.15) is 16.6 Å². The summed E-state index contributed by atoms with van der Waals surface area (Å²) in [6, 6.07) is 3.80. The Balaban J connectivity index is 1.15. The van der Waals surface area contributed by atoms with Crippen LogP contribution in [0, 0.1) is 5.92 Å². The fourth-order valence-corrected chi connectivity index (χ4v) is 5.07. The number of nitrogens with zero attached hydrogens (tertiary/aromatic N) is 8. The molecule has 2 aliphatic rings. The topological polar surface area (TPSA) is 108 Å². The molecule has 1 aliphatic carbocycles. The van der Waals surface area contributed by atoms with Crippen molar-refractivity contribution in [1.29, 1.82) is 0 Å². The molecule has 0 aromatic carbocycles. The molecule has 4 aromatic heterocycles. The highest BCUT2D eigenvalue weighted by Crippen LogP contribution is 2.33. The molecule has 176 valence electrons. The monoisotopic (exact) mass is 477 g/mol. The molecule has 34 heavy (non-hydrogen) atoms. The van der Waals surface area contributed by atoms with Crippen LogP contribution >= 0.6 is 11.3 Å². The Kier molecular flexibility index (Phi) is 5.81. The number of β-amino-alcohol motifs (C(OH)–C–C–N with tert-alkyl or cyclic N) is 1. The lowest BCUT2D eigenvalue weighted by Gasteiger charge is -2.34. The molecule has 2 fully saturated rings. The molecule has 6 rings (SSSR count). The molecule has 0 unspecified atom stereocenters. The number of aromatic nitrogens is 6. The first-order chi connectivity index (χ1) is 16.7. The second kappa shape index (κ2) is 9.24. The third-order valence-corrected chi connectivity index (χ3v) is 7.32. The summed E-state index contributed by atoms with van der Waals surface area (Å²) < 4.78 is 3.07. The molecular weight excluding hydrogens is 450 g/mol. The van der Waals surface area contributed by atoms with Gasteiger partial charge in [-0.1, -0.05) is 0 Å². The largest absolute Gasteiger partial charge is 0.395 e. The van der Waals surface area contributed by atoms with Crippen molar-refractivity contribution in [1.82, 2.24) is 34.6 Å². The third-order valence-electron chi connectivity index (χ3n) is 6.27. The van der Waals surface area contributed by atoms with E-state index >= 15 is 0 Å². The highest BCUT2D eigenvalue weighted by atomic mass is 32.1. The van der Waals surface area contributed by atoms with Gasteiger partial charge in [-0.2, -0.15) is 10.1 Å². The van der Waals surface area contributed by atoms with E-state index in [1.165, 1.54) is 12.8 Å². The quantitative estimate of drug-likeness (QED) is 0.396. The maximum absolute atomic E-state index is 9.13. The number of thiazole rings is 1. The molecule has 0 bridgehead atoms. The summed E-state index contributed by atoms with van der Waals surface area (Å²) in [4.78, 5) is 23.0. The molecule has 0 spiro atoms. The van der Waals surface area contributed by atoms with Crippen LogP contribution in [-0.4, -0.2) is 79.1 Å². The fraction of sp³-hybridized carbons (Fsp3) is 0.435. The zero-order chi connectivity index (χ0) is 22.9. The van der Waals surface area contributed by atoms with E-state index in [0.29, 0.717) is 24.1 Å². The highest BCUT2D eigenvalue weighted by molar-refractivity contribution is 7.21. The Bertz CT molecular complexity index is 1280. The Morgan fingerprint density at radius 2 is 1.94 bits per heavy atom. The normalized spacial score (nSPS) is 16.9. The summed E-state index contributed by atoms with van der Waals surface area (Å²) in [5.41, 5.74) is 1.96. The van der Waals surface area contributed by atoms with Crippen LogP contribution in [0.5, 0.6) is 0 Å². The van der Waals surface area contributed by atoms with Crippen molar-refractivity contribution in [2.75, 3.05) is 49.5 Å². The van der Waals surface area contributed by atoms with Crippen LogP contribution in [0.15, 0.2) is 36.9 Å². The van der Waals surface area contributed by atoms with E-state index in [-0.39, 0.29) is 6.61 Å². The van der Waals surface area contributed by atoms with Gasteiger partial charge in [-0.25, -0.2) is 15.0 Å². The van der Waals surface area contributed by atoms with Gasteiger partial charge in [0.05, 0.1) is 23.0 Å². The first-order valence-corrected chi connectivity index (χ1v) is 12.5. The third kappa shape index (κ3) is 4.72. The number of pyridine rings is 1. The van der Waals surface area contributed by atoms with Gasteiger partial charge < -0.3 is 15.3 Å². The lowest BCUT2D eigenvalue weighted by Crippen LogP contribution is -2.47. The number of piperazine rings is 1. The van der Waals surface area contributed by atoms with Gasteiger partial charge in [0.25, 0.3) is 0 Å². The van der Waals surface area contributed by atoms with Gasteiger partial charge in [-0.15, -0.1) is 11.3 Å². The number of anilines is 3. The first kappa shape index (κ1) is 21.4. The van der Waals surface area contributed by atoms with Crippen LogP contribution in [0.25, 0.3) is 20.8 Å². The van der Waals surface area contributed by atoms with Crippen molar-refractivity contribution in [3.63, 3.8) is 0 Å². The average molecular weight is 478 g/mol. The lowest BCUT2D eigenvalue weighted by atomic mass is 10.3. The smallest absolute Gasteiger partial charge is 0.227 e. The predicted octanol–water partition coefficient (Wildman–Crippen LogP) is 2.61. The number of hydrogen-bond acceptors (Lipinski definition) is 10. The molecule has 1 aliphatic heterocycles. The number of aliphatic hydroxyl groups is 1. The standard InChI is InChI=1S/C23H27N9OS/c33-10-9-30-5-7-31(8-6-30)23-24-4-3-20(29-23)28-21-11-18-19(13-25-21)34-22(27-18)17-12-26-32(15-17)14-16-1-2-16/h3-4,11-13,15-16,33H,1-2,5-10,14H2,(H,24,25,28,29). The Morgan fingerprint density at radius 1 is 1.06 bits per heavy atom. The van der Waals surface area contributed by atoms with E-state index in [0.717, 1.165) is 59.4 Å². The van der Waals surface area contributed by atoms with Gasteiger partial charge in [-0.05, 0) is 24.8 Å². The van der Waals surface area contributed by atoms with Gasteiger partial charge in [0.15, 0.2) is 0 Å². The van der Waals surface area contributed by atoms with Crippen molar-refractivity contribution < 1.29 is 5.11 Å². The van der Waals surface area contributed by atoms with Crippen LogP contribution in [-0.2, 0) is 6.54 Å². The van der Waals surface area contributed by atoms with Crippen LogP contribution < -0.4 is 10.2 Å². The van der Waals surface area contributed by atoms with E-state index < -0.39 is 0 Å². The minimum Gasteiger partial charge on any atom is -0.395 e. The highest BCUT2D eigenvalue weighted by Gasteiger charge is 2.22. The van der Waals surface area contributed by atoms with E-state index in [9.17, 15) is 0 Å². The maximum Gasteiger partial charge on any atom is 0.227 e. The van der Waals surface area contributed by atoms with Crippen molar-refractivity contribution in [2.45, 2.75) is 19.4 Å². The molecule has 4 aromatic rings. The number of nitrogens with one attached hydrogen (secondary N) is 1. The summed E-state index contributed by atoms with van der Waals surface area (Å²) in [7, 11) is 0. The number of fused-ring (bicyclic) bond motifs is 1. The summed E-state index contributed by atoms with van der Waals surface area (Å²) >= 11 is 1.63. The van der Waals surface area contributed by atoms with Gasteiger partial charge in [0.2, 0.25) is 5.95 Å². The predicted molar refractivity (Wildman–Crippen MR) is 132 cm³/mol. The van der Waals surface area contributed by atoms with E-state index in [1.807, 2.05) is 29.2 Å². The minimum absolute atomic E-state index is 0.192. The van der Waals surface area contributed by atoms with E-state index in [1.54, 1.807) is 17.5 Å². The Hall–Kier alpha value is -3.15. The number of rotatable bonds is 8. The SMILES string of the molecule is OCCN1CCN(c2nccc(Nc3cc4nc(-c5cnn(CC6CC6)c5)sc4cn3)n2)CC1. The molecule has 1 saturated carbocycles. The molecule has 0 amide bonds. The molecular formula is C23H27N9OS. The van der Waals surface area contributed by atoms with Crippen LogP contribution in [0.4, 0.5) is 17.6 Å². The minimum atomic E-state index is 0.192. The zero-order valence-corrected chi connectivity index (χ0v) is 19.7. The van der Waals surface area contributed by atoms with Gasteiger partial charge in [-0.3, -0.25) is 9.58 Å². The van der Waals surface area contributed by atoms with Gasteiger partial charge in [0, 0.05) is 69.5 Å². The zero-order valence-electron chi connectivity index (χ0n) is 18.8. The summed E-state index contributed by atoms with van der Waals surface area (Å²) in [5.74, 6) is 2.89. The fourth-order valence-electron chi connectivity index (χ4n) is 4.18. The second-order valence-corrected chi connectivity index (χ2v) is 9.90. The summed E-state index contributed by atoms with van der Waals surface area (Å²) in [6.07, 6.45) is 10.2. The van der Waals surface area contributed by atoms with Crippen molar-refractivity contribution in [3.05, 3.63) is 36.9 Å². The Morgan fingerprint density at radius 3 is 2.76 bits per heavy atom.